The molecule has 172 valence electrons. The molecule has 3 atom stereocenters. The fraction of sp³-hybridized carbons (Fsp3) is 0.565. The van der Waals surface area contributed by atoms with E-state index in [9.17, 15) is 19.2 Å². The van der Waals surface area contributed by atoms with Crippen LogP contribution >= 0.6 is 0 Å². The molecule has 4 N–H and O–H groups in total. The Hall–Kier alpha value is -2.74. The number of aldehydes is 1. The van der Waals surface area contributed by atoms with Gasteiger partial charge in [0, 0.05) is 6.42 Å². The van der Waals surface area contributed by atoms with Crippen LogP contribution in [0.15, 0.2) is 30.3 Å². The van der Waals surface area contributed by atoms with Crippen molar-refractivity contribution in [1.82, 2.24) is 10.6 Å². The minimum absolute atomic E-state index is 0.0841. The number of amides is 2. The van der Waals surface area contributed by atoms with Crippen LogP contribution in [0, 0.1) is 11.8 Å². The molecule has 2 amide bonds. The van der Waals surface area contributed by atoms with Crippen molar-refractivity contribution in [1.29, 1.82) is 0 Å². The molecule has 8 nitrogen and oxygen atoms in total. The Kier molecular flexibility index (Phi) is 11.5. The monoisotopic (exact) mass is 433 g/mol. The van der Waals surface area contributed by atoms with Crippen LogP contribution in [0.2, 0.25) is 0 Å². The van der Waals surface area contributed by atoms with Gasteiger partial charge in [-0.3, -0.25) is 9.59 Å². The summed E-state index contributed by atoms with van der Waals surface area (Å²) in [6.45, 7) is 7.79. The molecule has 0 unspecified atom stereocenters. The topological polar surface area (TPSA) is 128 Å². The van der Waals surface area contributed by atoms with Crippen LogP contribution in [-0.4, -0.2) is 42.2 Å². The molecule has 0 fully saturated rings. The lowest BCUT2D eigenvalue weighted by Crippen LogP contribution is -2.53. The molecular formula is C23H35N3O5. The van der Waals surface area contributed by atoms with Crippen molar-refractivity contribution in [3.8, 4) is 0 Å². The maximum Gasteiger partial charge on any atom is 0.408 e. The Labute approximate surface area is 184 Å². The van der Waals surface area contributed by atoms with E-state index in [2.05, 4.69) is 10.6 Å². The third kappa shape index (κ3) is 10.7. The van der Waals surface area contributed by atoms with Crippen LogP contribution in [0.25, 0.3) is 0 Å². The van der Waals surface area contributed by atoms with E-state index in [1.165, 1.54) is 0 Å². The van der Waals surface area contributed by atoms with E-state index in [4.69, 9.17) is 10.5 Å². The summed E-state index contributed by atoms with van der Waals surface area (Å²) in [4.78, 5) is 48.5. The zero-order chi connectivity index (χ0) is 23.4. The van der Waals surface area contributed by atoms with Crippen LogP contribution in [-0.2, 0) is 25.7 Å². The van der Waals surface area contributed by atoms with Gasteiger partial charge < -0.3 is 25.9 Å². The van der Waals surface area contributed by atoms with Gasteiger partial charge in [-0.05, 0) is 30.2 Å². The summed E-state index contributed by atoms with van der Waals surface area (Å²) in [5.74, 6) is -0.525. The molecule has 0 bridgehead atoms. The number of rotatable bonds is 13. The molecule has 1 aromatic carbocycles. The fourth-order valence-electron chi connectivity index (χ4n) is 3.05. The molecule has 0 aromatic heterocycles. The number of Topliss-reactive ketones (excluding diaryl/α,β-unsaturated/α-hetero) is 1. The molecule has 0 aliphatic rings. The van der Waals surface area contributed by atoms with Crippen molar-refractivity contribution in [3.05, 3.63) is 35.9 Å². The van der Waals surface area contributed by atoms with Crippen LogP contribution in [0.1, 0.15) is 52.5 Å². The minimum atomic E-state index is -0.906. The largest absolute Gasteiger partial charge is 0.445 e. The van der Waals surface area contributed by atoms with Gasteiger partial charge in [0.2, 0.25) is 5.91 Å². The van der Waals surface area contributed by atoms with Crippen molar-refractivity contribution in [2.45, 2.75) is 71.7 Å². The molecule has 0 heterocycles. The maximum atomic E-state index is 12.9. The lowest BCUT2D eigenvalue weighted by Gasteiger charge is -2.25. The van der Waals surface area contributed by atoms with Crippen molar-refractivity contribution in [3.63, 3.8) is 0 Å². The van der Waals surface area contributed by atoms with E-state index in [1.807, 2.05) is 58.0 Å². The molecule has 31 heavy (non-hydrogen) atoms. The van der Waals surface area contributed by atoms with E-state index in [1.54, 1.807) is 0 Å². The molecule has 1 aromatic rings. The quantitative estimate of drug-likeness (QED) is 0.410. The third-order valence-electron chi connectivity index (χ3n) is 4.55. The number of hydrogen-bond donors (Lipinski definition) is 3. The Morgan fingerprint density at radius 2 is 1.55 bits per heavy atom. The Balaban J connectivity index is 2.79. The van der Waals surface area contributed by atoms with Crippen LogP contribution in [0.3, 0.4) is 0 Å². The number of ketones is 1. The summed E-state index contributed by atoms with van der Waals surface area (Å²) in [5, 5.41) is 5.33. The summed E-state index contributed by atoms with van der Waals surface area (Å²) < 4.78 is 5.22. The van der Waals surface area contributed by atoms with Crippen molar-refractivity contribution in [2.24, 2.45) is 17.6 Å². The van der Waals surface area contributed by atoms with Gasteiger partial charge in [0.05, 0.1) is 12.1 Å². The van der Waals surface area contributed by atoms with Gasteiger partial charge in [0.1, 0.15) is 18.9 Å². The first kappa shape index (κ1) is 26.3. The van der Waals surface area contributed by atoms with Crippen molar-refractivity contribution in [2.75, 3.05) is 0 Å². The second kappa shape index (κ2) is 13.5. The van der Waals surface area contributed by atoms with Crippen molar-refractivity contribution >= 4 is 24.1 Å². The Morgan fingerprint density at radius 3 is 2.10 bits per heavy atom. The molecule has 0 radical (unpaired) electrons. The lowest BCUT2D eigenvalue weighted by atomic mass is 9.95. The number of nitrogens with two attached hydrogens (primary N) is 1. The highest BCUT2D eigenvalue weighted by molar-refractivity contribution is 5.93. The summed E-state index contributed by atoms with van der Waals surface area (Å²) in [5.41, 5.74) is 6.40. The number of nitrogens with one attached hydrogen (secondary N) is 2. The number of ether oxygens (including phenoxy) is 1. The first-order valence-corrected chi connectivity index (χ1v) is 10.6. The smallest absolute Gasteiger partial charge is 0.408 e. The second-order valence-electron chi connectivity index (χ2n) is 8.55. The summed E-state index contributed by atoms with van der Waals surface area (Å²) in [7, 11) is 0. The molecule has 8 heteroatoms. The fourth-order valence-corrected chi connectivity index (χ4v) is 3.05. The second-order valence-corrected chi connectivity index (χ2v) is 8.55. The number of carbonyl (C=O) groups excluding carboxylic acids is 4. The van der Waals surface area contributed by atoms with Gasteiger partial charge in [0.15, 0.2) is 5.78 Å². The normalized spacial score (nSPS) is 13.9. The van der Waals surface area contributed by atoms with Gasteiger partial charge in [-0.25, -0.2) is 4.79 Å². The zero-order valence-electron chi connectivity index (χ0n) is 18.8. The number of carbonyl (C=O) groups is 4. The first-order chi connectivity index (χ1) is 14.6. The van der Waals surface area contributed by atoms with Gasteiger partial charge in [-0.2, -0.15) is 0 Å². The molecule has 0 saturated carbocycles. The van der Waals surface area contributed by atoms with Crippen LogP contribution in [0.4, 0.5) is 4.79 Å². The van der Waals surface area contributed by atoms with Crippen LogP contribution < -0.4 is 16.4 Å². The average Bonchev–Trinajstić information content (AvgIpc) is 2.71. The first-order valence-electron chi connectivity index (χ1n) is 10.6. The zero-order valence-corrected chi connectivity index (χ0v) is 18.8. The predicted molar refractivity (Wildman–Crippen MR) is 118 cm³/mol. The third-order valence-corrected chi connectivity index (χ3v) is 4.55. The SMILES string of the molecule is CC(C)C[C@H](NC(=O)[C@H](CC(C)C)NC(=O)OCc1ccccc1)C(=O)C[C@H](N)C=O. The summed E-state index contributed by atoms with van der Waals surface area (Å²) >= 11 is 0. The average molecular weight is 434 g/mol. The molecule has 0 aliphatic carbocycles. The summed E-state index contributed by atoms with van der Waals surface area (Å²) in [6.07, 6.45) is 0.436. The van der Waals surface area contributed by atoms with Crippen molar-refractivity contribution < 1.29 is 23.9 Å². The molecule has 0 aliphatic heterocycles. The number of benzene rings is 1. The highest BCUT2D eigenvalue weighted by Crippen LogP contribution is 2.11. The molecule has 1 rings (SSSR count). The van der Waals surface area contributed by atoms with Gasteiger partial charge in [0.25, 0.3) is 0 Å². The van der Waals surface area contributed by atoms with Crippen LogP contribution in [0.5, 0.6) is 0 Å². The summed E-state index contributed by atoms with van der Waals surface area (Å²) in [6, 6.07) is 6.67. The number of alkyl carbamates (subject to hydrolysis) is 1. The van der Waals surface area contributed by atoms with Gasteiger partial charge in [-0.1, -0.05) is 58.0 Å². The predicted octanol–water partition coefficient (Wildman–Crippen LogP) is 2.34. The standard InChI is InChI=1S/C23H35N3O5/c1-15(2)10-19(21(28)12-18(24)13-27)25-22(29)20(11-16(3)4)26-23(30)31-14-17-8-6-5-7-9-17/h5-9,13,15-16,18-20H,10-12,14,24H2,1-4H3,(H,25,29)(H,26,30)/t18-,19-,20-/m0/s1. The van der Waals surface area contributed by atoms with E-state index in [0.29, 0.717) is 19.1 Å². The lowest BCUT2D eigenvalue weighted by molar-refractivity contribution is -0.130. The minimum Gasteiger partial charge on any atom is -0.445 e. The Bertz CT molecular complexity index is 721. The van der Waals surface area contributed by atoms with E-state index < -0.39 is 30.1 Å². The van der Waals surface area contributed by atoms with E-state index in [0.717, 1.165) is 5.56 Å². The van der Waals surface area contributed by atoms with Gasteiger partial charge >= 0.3 is 6.09 Å². The molecule has 0 spiro atoms. The van der Waals surface area contributed by atoms with E-state index >= 15 is 0 Å². The highest BCUT2D eigenvalue weighted by atomic mass is 16.5. The van der Waals surface area contributed by atoms with E-state index in [-0.39, 0.29) is 30.6 Å². The highest BCUT2D eigenvalue weighted by Gasteiger charge is 2.28. The Morgan fingerprint density at radius 1 is 0.968 bits per heavy atom. The number of hydrogen-bond acceptors (Lipinski definition) is 6. The molecule has 0 saturated heterocycles. The van der Waals surface area contributed by atoms with Gasteiger partial charge in [-0.15, -0.1) is 0 Å². The molecular weight excluding hydrogens is 398 g/mol. The maximum absolute atomic E-state index is 12.9.